The van der Waals surface area contributed by atoms with Gasteiger partial charge in [0.2, 0.25) is 5.78 Å². The van der Waals surface area contributed by atoms with Gasteiger partial charge >= 0.3 is 5.97 Å². The molecule has 0 heterocycles. The summed E-state index contributed by atoms with van der Waals surface area (Å²) in [5.41, 5.74) is -2.32. The number of alkyl halides is 1. The summed E-state index contributed by atoms with van der Waals surface area (Å²) in [6, 6.07) is 0. The number of allylic oxidation sites excluding steroid dienone is 6. The lowest BCUT2D eigenvalue weighted by Crippen LogP contribution is -2.67. The molecule has 7 atom stereocenters. The van der Waals surface area contributed by atoms with E-state index in [2.05, 4.69) is 15.9 Å². The Bertz CT molecular complexity index is 921. The molecule has 7 heteroatoms. The van der Waals surface area contributed by atoms with Gasteiger partial charge in [-0.25, -0.2) is 0 Å². The summed E-state index contributed by atoms with van der Waals surface area (Å²) >= 11 is 3.90. The van der Waals surface area contributed by atoms with E-state index in [9.17, 15) is 24.6 Å². The van der Waals surface area contributed by atoms with Crippen molar-refractivity contribution in [2.75, 3.05) is 6.61 Å². The normalized spacial score (nSPS) is 46.5. The molecule has 0 unspecified atom stereocenters. The fourth-order valence-electron chi connectivity index (χ4n) is 6.42. The van der Waals surface area contributed by atoms with Crippen LogP contribution in [0.4, 0.5) is 0 Å². The van der Waals surface area contributed by atoms with E-state index in [1.807, 2.05) is 32.1 Å². The third-order valence-corrected chi connectivity index (χ3v) is 10.1. The molecule has 0 radical (unpaired) electrons. The van der Waals surface area contributed by atoms with Crippen molar-refractivity contribution in [2.45, 2.75) is 56.1 Å². The molecule has 162 valence electrons. The number of rotatable bonds is 3. The van der Waals surface area contributed by atoms with Crippen LogP contribution in [0.3, 0.4) is 0 Å². The second kappa shape index (κ2) is 6.71. The van der Waals surface area contributed by atoms with Crippen molar-refractivity contribution in [2.24, 2.45) is 22.7 Å². The summed E-state index contributed by atoms with van der Waals surface area (Å²) in [4.78, 5) is 36.0. The fourth-order valence-corrected chi connectivity index (χ4v) is 7.42. The van der Waals surface area contributed by atoms with Crippen LogP contribution in [-0.4, -0.2) is 50.4 Å². The van der Waals surface area contributed by atoms with E-state index in [1.54, 1.807) is 6.08 Å². The molecule has 0 spiro atoms. The Morgan fingerprint density at radius 1 is 1.30 bits per heavy atom. The molecule has 0 bridgehead atoms. The Labute approximate surface area is 184 Å². The Balaban J connectivity index is 1.76. The SMILES string of the molecule is CC(=O)OCC(=O)[C@@]1(O)CC[C@H]2[C@@H]3C=CC4=CC(=O)C=C[C@]4(C)[C@@]3(Br)[C@@H](O)C[C@@]21C. The number of carbonyl (C=O) groups excluding carboxylic acids is 3. The zero-order valence-electron chi connectivity index (χ0n) is 17.4. The summed E-state index contributed by atoms with van der Waals surface area (Å²) in [7, 11) is 0. The first-order valence-corrected chi connectivity index (χ1v) is 11.1. The van der Waals surface area contributed by atoms with Gasteiger partial charge in [-0.05, 0) is 48.8 Å². The Kier molecular flexibility index (Phi) is 4.84. The molecule has 30 heavy (non-hydrogen) atoms. The van der Waals surface area contributed by atoms with E-state index in [0.717, 1.165) is 5.57 Å². The number of ketones is 2. The second-order valence-electron chi connectivity index (χ2n) is 9.54. The number of carbonyl (C=O) groups is 3. The van der Waals surface area contributed by atoms with Crippen molar-refractivity contribution in [1.29, 1.82) is 0 Å². The van der Waals surface area contributed by atoms with E-state index >= 15 is 0 Å². The summed E-state index contributed by atoms with van der Waals surface area (Å²) in [6.07, 6.45) is 9.11. The Morgan fingerprint density at radius 2 is 2.00 bits per heavy atom. The highest BCUT2D eigenvalue weighted by molar-refractivity contribution is 9.10. The van der Waals surface area contributed by atoms with Crippen LogP contribution in [0.15, 0.2) is 36.0 Å². The van der Waals surface area contributed by atoms with Gasteiger partial charge in [0.15, 0.2) is 12.4 Å². The highest BCUT2D eigenvalue weighted by atomic mass is 79.9. The minimum atomic E-state index is -1.67. The van der Waals surface area contributed by atoms with Crippen LogP contribution >= 0.6 is 15.9 Å². The molecule has 2 N–H and O–H groups in total. The average Bonchev–Trinajstić information content (AvgIpc) is 2.94. The third kappa shape index (κ3) is 2.58. The van der Waals surface area contributed by atoms with Crippen molar-refractivity contribution >= 4 is 33.5 Å². The van der Waals surface area contributed by atoms with Crippen molar-refractivity contribution in [3.63, 3.8) is 0 Å². The molecule has 0 amide bonds. The molecule has 4 aliphatic carbocycles. The maximum Gasteiger partial charge on any atom is 0.303 e. The van der Waals surface area contributed by atoms with Crippen molar-refractivity contribution in [3.8, 4) is 0 Å². The van der Waals surface area contributed by atoms with E-state index < -0.39 is 45.2 Å². The van der Waals surface area contributed by atoms with Gasteiger partial charge in [0.25, 0.3) is 0 Å². The number of halogens is 1. The molecule has 0 aromatic carbocycles. The van der Waals surface area contributed by atoms with E-state index in [0.29, 0.717) is 6.42 Å². The van der Waals surface area contributed by atoms with Crippen LogP contribution in [0.5, 0.6) is 0 Å². The molecule has 0 saturated heterocycles. The monoisotopic (exact) mass is 478 g/mol. The van der Waals surface area contributed by atoms with Crippen molar-refractivity contribution in [3.05, 3.63) is 36.0 Å². The fraction of sp³-hybridized carbons (Fsp3) is 0.609. The number of Topliss-reactive ketones (excluding diaryl/α,β-unsaturated/α-hetero) is 1. The van der Waals surface area contributed by atoms with Gasteiger partial charge in [-0.1, -0.05) is 48.0 Å². The topological polar surface area (TPSA) is 101 Å². The maximum absolute atomic E-state index is 12.9. The number of ether oxygens (including phenoxy) is 1. The highest BCUT2D eigenvalue weighted by Crippen LogP contribution is 2.69. The molecule has 0 aromatic rings. The van der Waals surface area contributed by atoms with Crippen LogP contribution in [0.1, 0.15) is 40.0 Å². The number of aliphatic hydroxyl groups excluding tert-OH is 1. The summed E-state index contributed by atoms with van der Waals surface area (Å²) < 4.78 is 4.10. The molecule has 4 rings (SSSR count). The maximum atomic E-state index is 12.9. The summed E-state index contributed by atoms with van der Waals surface area (Å²) in [6.45, 7) is 4.61. The number of esters is 1. The quantitative estimate of drug-likeness (QED) is 0.477. The molecule has 0 aliphatic heterocycles. The van der Waals surface area contributed by atoms with Gasteiger partial charge in [-0.15, -0.1) is 0 Å². The van der Waals surface area contributed by atoms with E-state index in [1.165, 1.54) is 13.0 Å². The first kappa shape index (κ1) is 21.7. The molecule has 2 saturated carbocycles. The number of hydrogen-bond acceptors (Lipinski definition) is 6. The molecule has 6 nitrogen and oxygen atoms in total. The first-order chi connectivity index (χ1) is 13.9. The standard InChI is InChI=1S/C23H27BrO6/c1-13(25)30-12-19(28)22(29)9-7-16-17-5-4-14-10-15(26)6-8-20(14,2)23(17,24)18(27)11-21(16,22)3/h4-6,8,10,16-18,27,29H,7,9,11-12H2,1-3H3/t16-,17-,18-,20-,21-,22-,23-/m0/s1. The molecule has 0 aromatic heterocycles. The van der Waals surface area contributed by atoms with Gasteiger partial charge in [-0.2, -0.15) is 0 Å². The lowest BCUT2D eigenvalue weighted by molar-refractivity contribution is -0.172. The van der Waals surface area contributed by atoms with E-state index in [4.69, 9.17) is 4.74 Å². The van der Waals surface area contributed by atoms with Crippen LogP contribution in [0.25, 0.3) is 0 Å². The predicted octanol–water partition coefficient (Wildman–Crippen LogP) is 2.42. The third-order valence-electron chi connectivity index (χ3n) is 8.23. The number of hydrogen-bond donors (Lipinski definition) is 2. The zero-order chi connectivity index (χ0) is 22.1. The van der Waals surface area contributed by atoms with Crippen molar-refractivity contribution in [1.82, 2.24) is 0 Å². The van der Waals surface area contributed by atoms with Crippen molar-refractivity contribution < 1.29 is 29.3 Å². The van der Waals surface area contributed by atoms with Crippen LogP contribution in [-0.2, 0) is 19.1 Å². The van der Waals surface area contributed by atoms with Gasteiger partial charge < -0.3 is 14.9 Å². The largest absolute Gasteiger partial charge is 0.458 e. The lowest BCUT2D eigenvalue weighted by Gasteiger charge is -2.62. The minimum Gasteiger partial charge on any atom is -0.458 e. The Morgan fingerprint density at radius 3 is 2.67 bits per heavy atom. The molecular weight excluding hydrogens is 452 g/mol. The second-order valence-corrected chi connectivity index (χ2v) is 10.8. The highest BCUT2D eigenvalue weighted by Gasteiger charge is 2.72. The minimum absolute atomic E-state index is 0.0767. The predicted molar refractivity (Wildman–Crippen MR) is 113 cm³/mol. The smallest absolute Gasteiger partial charge is 0.303 e. The summed E-state index contributed by atoms with van der Waals surface area (Å²) in [5.74, 6) is -1.42. The van der Waals surface area contributed by atoms with Gasteiger partial charge in [-0.3, -0.25) is 14.4 Å². The number of fused-ring (bicyclic) bond motifs is 5. The van der Waals surface area contributed by atoms with Gasteiger partial charge in [0, 0.05) is 17.8 Å². The van der Waals surface area contributed by atoms with Gasteiger partial charge in [0.1, 0.15) is 5.60 Å². The molecular formula is C23H27BrO6. The number of aliphatic hydroxyl groups is 2. The molecule has 2 fully saturated rings. The molecule has 4 aliphatic rings. The first-order valence-electron chi connectivity index (χ1n) is 10.3. The Hall–Kier alpha value is -1.57. The zero-order valence-corrected chi connectivity index (χ0v) is 18.9. The summed E-state index contributed by atoms with van der Waals surface area (Å²) in [5, 5.41) is 22.9. The average molecular weight is 479 g/mol. The van der Waals surface area contributed by atoms with Crippen LogP contribution in [0.2, 0.25) is 0 Å². The lowest BCUT2D eigenvalue weighted by atomic mass is 9.47. The van der Waals surface area contributed by atoms with Gasteiger partial charge in [0.05, 0.1) is 10.4 Å². The van der Waals surface area contributed by atoms with Crippen LogP contribution < -0.4 is 0 Å². The van der Waals surface area contributed by atoms with Crippen LogP contribution in [0, 0.1) is 22.7 Å². The van der Waals surface area contributed by atoms with E-state index in [-0.39, 0.29) is 30.5 Å².